The van der Waals surface area contributed by atoms with Gasteiger partial charge in [-0.15, -0.1) is 5.10 Å². The van der Waals surface area contributed by atoms with Gasteiger partial charge in [0.05, 0.1) is 11.1 Å². The molecule has 0 saturated carbocycles. The Labute approximate surface area is 105 Å². The molecule has 1 amide bonds. The van der Waals surface area contributed by atoms with E-state index in [4.69, 9.17) is 5.11 Å². The Bertz CT molecular complexity index is 567. The van der Waals surface area contributed by atoms with E-state index >= 15 is 0 Å². The quantitative estimate of drug-likeness (QED) is 0.777. The van der Waals surface area contributed by atoms with Gasteiger partial charge in [0.1, 0.15) is 6.61 Å². The molecule has 6 nitrogen and oxygen atoms in total. The summed E-state index contributed by atoms with van der Waals surface area (Å²) in [6.45, 7) is -0.204. The van der Waals surface area contributed by atoms with E-state index < -0.39 is 0 Å². The molecule has 0 bridgehead atoms. The molecule has 2 rings (SSSR count). The molecule has 0 fully saturated rings. The van der Waals surface area contributed by atoms with Gasteiger partial charge >= 0.3 is 0 Å². The van der Waals surface area contributed by atoms with Crippen molar-refractivity contribution >= 4 is 33.9 Å². The molecule has 2 aromatic heterocycles. The fourth-order valence-corrected chi connectivity index (χ4v) is 2.06. The van der Waals surface area contributed by atoms with E-state index in [1.165, 1.54) is 17.5 Å². The molecule has 0 radical (unpaired) electrons. The van der Waals surface area contributed by atoms with Gasteiger partial charge in [0, 0.05) is 5.38 Å². The fourth-order valence-electron chi connectivity index (χ4n) is 0.941. The van der Waals surface area contributed by atoms with Crippen molar-refractivity contribution in [2.45, 2.75) is 0 Å². The number of anilines is 1. The van der Waals surface area contributed by atoms with E-state index in [2.05, 4.69) is 31.7 Å². The summed E-state index contributed by atoms with van der Waals surface area (Å²) in [6, 6.07) is 0. The molecule has 8 heteroatoms. The van der Waals surface area contributed by atoms with Crippen molar-refractivity contribution in [3.63, 3.8) is 0 Å². The van der Waals surface area contributed by atoms with Crippen LogP contribution in [0.25, 0.3) is 0 Å². The summed E-state index contributed by atoms with van der Waals surface area (Å²) >= 11 is 2.33. The first-order chi connectivity index (χ1) is 8.29. The monoisotopic (exact) mass is 266 g/mol. The molecule has 0 spiro atoms. The molecule has 0 aliphatic carbocycles. The van der Waals surface area contributed by atoms with Crippen molar-refractivity contribution in [3.05, 3.63) is 22.1 Å². The molecular formula is C9H6N4O2S2. The van der Waals surface area contributed by atoms with Gasteiger partial charge in [0.25, 0.3) is 5.91 Å². The van der Waals surface area contributed by atoms with Crippen molar-refractivity contribution in [3.8, 4) is 11.8 Å². The number of carbonyl (C=O) groups is 1. The van der Waals surface area contributed by atoms with Crippen LogP contribution >= 0.6 is 22.9 Å². The Hall–Kier alpha value is -1.82. The lowest BCUT2D eigenvalue weighted by Crippen LogP contribution is -2.11. The lowest BCUT2D eigenvalue weighted by molar-refractivity contribution is 0.102. The normalized spacial score (nSPS) is 9.47. The summed E-state index contributed by atoms with van der Waals surface area (Å²) in [5, 5.41) is 16.7. The maximum Gasteiger partial charge on any atom is 0.278 e. The fraction of sp³-hybridized carbons (Fsp3) is 0.111. The second-order valence-corrected chi connectivity index (χ2v) is 4.37. The zero-order chi connectivity index (χ0) is 12.1. The lowest BCUT2D eigenvalue weighted by atomic mass is 10.5. The smallest absolute Gasteiger partial charge is 0.278 e. The minimum absolute atomic E-state index is 0.204. The van der Waals surface area contributed by atoms with E-state index in [1.54, 1.807) is 5.38 Å². The van der Waals surface area contributed by atoms with E-state index in [0.717, 1.165) is 11.5 Å². The number of aromatic nitrogens is 3. The van der Waals surface area contributed by atoms with E-state index in [-0.39, 0.29) is 18.2 Å². The van der Waals surface area contributed by atoms with Crippen LogP contribution in [0.2, 0.25) is 0 Å². The number of carbonyl (C=O) groups excluding carboxylic acids is 1. The topological polar surface area (TPSA) is 88.0 Å². The number of amides is 1. The standard InChI is InChI=1S/C9H6N4O2S2/c14-3-1-2-6-4-10-9(17-6)11-8(15)7-5-16-13-12-7/h4-5,14H,3H2,(H,10,11,15). The molecule has 2 aromatic rings. The number of hydrogen-bond donors (Lipinski definition) is 2. The van der Waals surface area contributed by atoms with E-state index in [9.17, 15) is 4.79 Å². The largest absolute Gasteiger partial charge is 0.384 e. The van der Waals surface area contributed by atoms with Crippen LogP contribution < -0.4 is 5.32 Å². The summed E-state index contributed by atoms with van der Waals surface area (Å²) in [6.07, 6.45) is 1.53. The SMILES string of the molecule is O=C(Nc1ncc(C#CCO)s1)c1csnn1. The molecule has 17 heavy (non-hydrogen) atoms. The molecule has 0 aromatic carbocycles. The maximum atomic E-state index is 11.6. The predicted molar refractivity (Wildman–Crippen MR) is 63.9 cm³/mol. The van der Waals surface area contributed by atoms with Crippen molar-refractivity contribution in [2.75, 3.05) is 11.9 Å². The number of thiazole rings is 1. The minimum Gasteiger partial charge on any atom is -0.384 e. The Kier molecular flexibility index (Phi) is 3.77. The highest BCUT2D eigenvalue weighted by molar-refractivity contribution is 7.16. The Balaban J connectivity index is 2.04. The summed E-state index contributed by atoms with van der Waals surface area (Å²) in [5.41, 5.74) is 0.258. The molecule has 2 heterocycles. The Morgan fingerprint density at radius 2 is 2.47 bits per heavy atom. The van der Waals surface area contributed by atoms with Crippen LogP contribution in [0.5, 0.6) is 0 Å². The highest BCUT2D eigenvalue weighted by atomic mass is 32.1. The zero-order valence-electron chi connectivity index (χ0n) is 8.38. The summed E-state index contributed by atoms with van der Waals surface area (Å²) in [4.78, 5) is 16.2. The van der Waals surface area contributed by atoms with E-state index in [1.807, 2.05) is 0 Å². The van der Waals surface area contributed by atoms with Gasteiger partial charge < -0.3 is 5.11 Å². The molecule has 0 aliphatic heterocycles. The van der Waals surface area contributed by atoms with Gasteiger partial charge in [-0.2, -0.15) is 0 Å². The van der Waals surface area contributed by atoms with Crippen LogP contribution in [0.15, 0.2) is 11.6 Å². The molecular weight excluding hydrogens is 260 g/mol. The number of hydrogen-bond acceptors (Lipinski definition) is 7. The Morgan fingerprint density at radius 3 is 3.18 bits per heavy atom. The second kappa shape index (κ2) is 5.49. The molecule has 0 aliphatic rings. The summed E-state index contributed by atoms with van der Waals surface area (Å²) in [5.74, 6) is 4.85. The molecule has 0 saturated heterocycles. The second-order valence-electron chi connectivity index (χ2n) is 2.73. The maximum absolute atomic E-state index is 11.6. The van der Waals surface area contributed by atoms with Gasteiger partial charge in [-0.05, 0) is 11.5 Å². The third-order valence-corrected chi connectivity index (χ3v) is 2.94. The first kappa shape index (κ1) is 11.7. The minimum atomic E-state index is -0.352. The molecule has 0 atom stereocenters. The number of nitrogens with zero attached hydrogens (tertiary/aromatic N) is 3. The molecule has 0 unspecified atom stereocenters. The van der Waals surface area contributed by atoms with Crippen LogP contribution in [0.4, 0.5) is 5.13 Å². The summed E-state index contributed by atoms with van der Waals surface area (Å²) in [7, 11) is 0. The number of aliphatic hydroxyl groups is 1. The van der Waals surface area contributed by atoms with Crippen LogP contribution in [0.1, 0.15) is 15.4 Å². The summed E-state index contributed by atoms with van der Waals surface area (Å²) < 4.78 is 3.59. The van der Waals surface area contributed by atoms with Crippen molar-refractivity contribution in [1.82, 2.24) is 14.6 Å². The van der Waals surface area contributed by atoms with Crippen molar-refractivity contribution < 1.29 is 9.90 Å². The number of rotatable bonds is 2. The average Bonchev–Trinajstić information content (AvgIpc) is 2.97. The van der Waals surface area contributed by atoms with Gasteiger partial charge in [-0.1, -0.05) is 27.7 Å². The number of nitrogens with one attached hydrogen (secondary N) is 1. The van der Waals surface area contributed by atoms with Crippen LogP contribution in [0.3, 0.4) is 0 Å². The zero-order valence-corrected chi connectivity index (χ0v) is 10.0. The first-order valence-corrected chi connectivity index (χ1v) is 6.09. The van der Waals surface area contributed by atoms with Gasteiger partial charge in [-0.3, -0.25) is 10.1 Å². The van der Waals surface area contributed by atoms with Gasteiger partial charge in [0.2, 0.25) is 0 Å². The highest BCUT2D eigenvalue weighted by Gasteiger charge is 2.10. The number of aliphatic hydroxyl groups excluding tert-OH is 1. The van der Waals surface area contributed by atoms with Crippen molar-refractivity contribution in [1.29, 1.82) is 0 Å². The van der Waals surface area contributed by atoms with Gasteiger partial charge in [-0.25, -0.2) is 4.98 Å². The highest BCUT2D eigenvalue weighted by Crippen LogP contribution is 2.17. The third kappa shape index (κ3) is 3.07. The third-order valence-electron chi connectivity index (χ3n) is 1.61. The average molecular weight is 266 g/mol. The van der Waals surface area contributed by atoms with Crippen LogP contribution in [-0.4, -0.2) is 32.2 Å². The van der Waals surface area contributed by atoms with Crippen molar-refractivity contribution in [2.24, 2.45) is 0 Å². The van der Waals surface area contributed by atoms with Gasteiger partial charge in [0.15, 0.2) is 10.8 Å². The van der Waals surface area contributed by atoms with E-state index in [0.29, 0.717) is 10.0 Å². The van der Waals surface area contributed by atoms with Crippen LogP contribution in [-0.2, 0) is 0 Å². The first-order valence-electron chi connectivity index (χ1n) is 4.43. The molecule has 86 valence electrons. The van der Waals surface area contributed by atoms with Crippen LogP contribution in [0, 0.1) is 11.8 Å². The predicted octanol–water partition coefficient (Wildman–Crippen LogP) is 0.591. The molecule has 2 N–H and O–H groups in total. The lowest BCUT2D eigenvalue weighted by Gasteiger charge is -1.95. The Morgan fingerprint density at radius 1 is 1.59 bits per heavy atom.